The van der Waals surface area contributed by atoms with Gasteiger partial charge in [0.05, 0.1) is 16.1 Å². The maximum absolute atomic E-state index is 12.6. The summed E-state index contributed by atoms with van der Waals surface area (Å²) in [5, 5.41) is 13.3. The molecule has 0 saturated carbocycles. The molecule has 6 nitrogen and oxygen atoms in total. The number of carbonyl (C=O) groups excluding carboxylic acids is 1. The number of aryl methyl sites for hydroxylation is 1. The molecule has 2 N–H and O–H groups in total. The van der Waals surface area contributed by atoms with Crippen LogP contribution < -0.4 is 5.32 Å². The molecule has 1 fully saturated rings. The molecule has 2 heterocycles. The Labute approximate surface area is 156 Å². The molecule has 0 unspecified atom stereocenters. The number of hydrogen-bond acceptors (Lipinski definition) is 5. The zero-order valence-electron chi connectivity index (χ0n) is 14.7. The number of carboxylic acids is 1. The first-order chi connectivity index (χ1) is 12.5. The van der Waals surface area contributed by atoms with Gasteiger partial charge in [0.2, 0.25) is 0 Å². The summed E-state index contributed by atoms with van der Waals surface area (Å²) in [6, 6.07) is 9.96. The molecule has 3 rings (SSSR count). The number of aliphatic carboxylic acids is 1. The molecular weight excluding hydrogens is 352 g/mol. The van der Waals surface area contributed by atoms with Gasteiger partial charge in [-0.05, 0) is 25.3 Å². The van der Waals surface area contributed by atoms with Crippen LogP contribution in [0.1, 0.15) is 38.8 Å². The number of ether oxygens (including phenoxy) is 1. The fraction of sp³-hybridized carbons (Fsp3) is 0.421. The van der Waals surface area contributed by atoms with Gasteiger partial charge in [0.15, 0.2) is 0 Å². The summed E-state index contributed by atoms with van der Waals surface area (Å²) in [6.07, 6.45) is 1.49. The van der Waals surface area contributed by atoms with E-state index in [4.69, 9.17) is 4.74 Å². The number of aromatic nitrogens is 1. The average molecular weight is 374 g/mol. The van der Waals surface area contributed by atoms with Crippen molar-refractivity contribution in [2.75, 3.05) is 19.8 Å². The van der Waals surface area contributed by atoms with Crippen LogP contribution in [0.15, 0.2) is 30.3 Å². The van der Waals surface area contributed by atoms with Crippen molar-refractivity contribution in [2.45, 2.75) is 26.2 Å². The van der Waals surface area contributed by atoms with Crippen LogP contribution in [0.2, 0.25) is 0 Å². The molecule has 0 radical (unpaired) electrons. The van der Waals surface area contributed by atoms with Gasteiger partial charge in [-0.15, -0.1) is 11.3 Å². The summed E-state index contributed by atoms with van der Waals surface area (Å²) in [5.74, 6) is -1.14. The summed E-state index contributed by atoms with van der Waals surface area (Å²) >= 11 is 1.36. The summed E-state index contributed by atoms with van der Waals surface area (Å²) < 4.78 is 5.26. The second kappa shape index (κ2) is 7.97. The van der Waals surface area contributed by atoms with Crippen LogP contribution in [-0.2, 0) is 16.0 Å². The molecule has 26 heavy (non-hydrogen) atoms. The quantitative estimate of drug-likeness (QED) is 0.811. The van der Waals surface area contributed by atoms with Gasteiger partial charge >= 0.3 is 5.97 Å². The van der Waals surface area contributed by atoms with Gasteiger partial charge in [-0.1, -0.05) is 30.3 Å². The molecule has 0 aliphatic carbocycles. The molecule has 1 saturated heterocycles. The highest BCUT2D eigenvalue weighted by Gasteiger charge is 2.40. The van der Waals surface area contributed by atoms with Gasteiger partial charge in [-0.3, -0.25) is 9.59 Å². The zero-order chi connectivity index (χ0) is 18.6. The minimum absolute atomic E-state index is 0.107. The maximum Gasteiger partial charge on any atom is 0.311 e. The molecule has 0 atom stereocenters. The standard InChI is InChI=1S/C19H22N2O4S/c1-13-16(26-15(21-13)11-14-5-3-2-4-6-14)17(22)20-12-19(18(23)24)7-9-25-10-8-19/h2-6H,7-12H2,1H3,(H,20,22)(H,23,24). The SMILES string of the molecule is Cc1nc(Cc2ccccc2)sc1C(=O)NCC1(C(=O)O)CCOCC1. The van der Waals surface area contributed by atoms with Crippen molar-refractivity contribution in [1.29, 1.82) is 0 Å². The zero-order valence-corrected chi connectivity index (χ0v) is 15.5. The lowest BCUT2D eigenvalue weighted by molar-refractivity contribution is -0.154. The van der Waals surface area contributed by atoms with E-state index in [2.05, 4.69) is 10.3 Å². The largest absolute Gasteiger partial charge is 0.481 e. The Morgan fingerprint density at radius 3 is 2.62 bits per heavy atom. The Balaban J connectivity index is 1.67. The number of carbonyl (C=O) groups is 2. The van der Waals surface area contributed by atoms with E-state index in [1.54, 1.807) is 6.92 Å². The van der Waals surface area contributed by atoms with E-state index in [1.165, 1.54) is 11.3 Å². The first kappa shape index (κ1) is 18.5. The first-order valence-electron chi connectivity index (χ1n) is 8.60. The molecule has 138 valence electrons. The van der Waals surface area contributed by atoms with Crippen LogP contribution in [0.3, 0.4) is 0 Å². The fourth-order valence-electron chi connectivity index (χ4n) is 3.07. The Hall–Kier alpha value is -2.25. The number of benzene rings is 1. The topological polar surface area (TPSA) is 88.5 Å². The highest BCUT2D eigenvalue weighted by Crippen LogP contribution is 2.30. The van der Waals surface area contributed by atoms with Crippen LogP contribution >= 0.6 is 11.3 Å². The lowest BCUT2D eigenvalue weighted by atomic mass is 9.80. The van der Waals surface area contributed by atoms with Crippen molar-refractivity contribution in [1.82, 2.24) is 10.3 Å². The molecule has 1 aliphatic rings. The monoisotopic (exact) mass is 374 g/mol. The van der Waals surface area contributed by atoms with Crippen molar-refractivity contribution in [2.24, 2.45) is 5.41 Å². The highest BCUT2D eigenvalue weighted by atomic mass is 32.1. The summed E-state index contributed by atoms with van der Waals surface area (Å²) in [4.78, 5) is 29.3. The summed E-state index contributed by atoms with van der Waals surface area (Å²) in [7, 11) is 0. The number of rotatable bonds is 6. The molecular formula is C19H22N2O4S. The lowest BCUT2D eigenvalue weighted by Gasteiger charge is -2.33. The third-order valence-electron chi connectivity index (χ3n) is 4.74. The second-order valence-electron chi connectivity index (χ2n) is 6.57. The smallest absolute Gasteiger partial charge is 0.311 e. The molecule has 1 aromatic carbocycles. The van der Waals surface area contributed by atoms with Crippen LogP contribution in [0.5, 0.6) is 0 Å². The minimum atomic E-state index is -0.945. The third-order valence-corrected chi connectivity index (χ3v) is 5.89. The van der Waals surface area contributed by atoms with E-state index in [-0.39, 0.29) is 12.5 Å². The Morgan fingerprint density at radius 2 is 1.96 bits per heavy atom. The number of amides is 1. The highest BCUT2D eigenvalue weighted by molar-refractivity contribution is 7.13. The number of nitrogens with zero attached hydrogens (tertiary/aromatic N) is 1. The van der Waals surface area contributed by atoms with Gasteiger partial charge in [-0.25, -0.2) is 4.98 Å². The van der Waals surface area contributed by atoms with Gasteiger partial charge in [0.25, 0.3) is 5.91 Å². The van der Waals surface area contributed by atoms with Gasteiger partial charge in [0.1, 0.15) is 4.88 Å². The minimum Gasteiger partial charge on any atom is -0.481 e. The van der Waals surface area contributed by atoms with Crippen molar-refractivity contribution in [3.05, 3.63) is 51.5 Å². The van der Waals surface area contributed by atoms with Crippen molar-refractivity contribution in [3.63, 3.8) is 0 Å². The fourth-order valence-corrected chi connectivity index (χ4v) is 4.08. The molecule has 0 spiro atoms. The summed E-state index contributed by atoms with van der Waals surface area (Å²) in [6.45, 7) is 2.73. The Kier molecular flexibility index (Phi) is 5.68. The lowest BCUT2D eigenvalue weighted by Crippen LogP contribution is -2.46. The molecule has 1 aliphatic heterocycles. The van der Waals surface area contributed by atoms with E-state index < -0.39 is 11.4 Å². The van der Waals surface area contributed by atoms with Gasteiger partial charge in [-0.2, -0.15) is 0 Å². The van der Waals surface area contributed by atoms with E-state index in [0.29, 0.717) is 43.0 Å². The van der Waals surface area contributed by atoms with Crippen LogP contribution in [0, 0.1) is 12.3 Å². The third kappa shape index (κ3) is 4.11. The van der Waals surface area contributed by atoms with E-state index in [0.717, 1.165) is 10.6 Å². The molecule has 0 bridgehead atoms. The predicted molar refractivity (Wildman–Crippen MR) is 98.6 cm³/mol. The van der Waals surface area contributed by atoms with Crippen molar-refractivity contribution < 1.29 is 19.4 Å². The van der Waals surface area contributed by atoms with Gasteiger partial charge in [0, 0.05) is 26.2 Å². The Bertz CT molecular complexity index is 782. The predicted octanol–water partition coefficient (Wildman–Crippen LogP) is 2.65. The normalized spacial score (nSPS) is 16.2. The van der Waals surface area contributed by atoms with Crippen LogP contribution in [-0.4, -0.2) is 41.7 Å². The molecule has 7 heteroatoms. The van der Waals surface area contributed by atoms with E-state index >= 15 is 0 Å². The van der Waals surface area contributed by atoms with Crippen molar-refractivity contribution in [3.8, 4) is 0 Å². The van der Waals surface area contributed by atoms with Gasteiger partial charge < -0.3 is 15.2 Å². The van der Waals surface area contributed by atoms with Crippen LogP contribution in [0.4, 0.5) is 0 Å². The number of carboxylic acid groups (broad SMARTS) is 1. The summed E-state index contributed by atoms with van der Waals surface area (Å²) in [5.41, 5.74) is 0.870. The molecule has 1 aromatic heterocycles. The average Bonchev–Trinajstić information content (AvgIpc) is 3.01. The first-order valence-corrected chi connectivity index (χ1v) is 9.41. The molecule has 2 aromatic rings. The van der Waals surface area contributed by atoms with Crippen LogP contribution in [0.25, 0.3) is 0 Å². The number of thiazole rings is 1. The van der Waals surface area contributed by atoms with E-state index in [9.17, 15) is 14.7 Å². The Morgan fingerprint density at radius 1 is 1.27 bits per heavy atom. The maximum atomic E-state index is 12.6. The van der Waals surface area contributed by atoms with E-state index in [1.807, 2.05) is 30.3 Å². The number of nitrogens with one attached hydrogen (secondary N) is 1. The second-order valence-corrected chi connectivity index (χ2v) is 7.65. The number of hydrogen-bond donors (Lipinski definition) is 2. The van der Waals surface area contributed by atoms with Crippen molar-refractivity contribution >= 4 is 23.2 Å². The molecule has 1 amide bonds.